The van der Waals surface area contributed by atoms with E-state index in [2.05, 4.69) is 72.3 Å². The van der Waals surface area contributed by atoms with Crippen LogP contribution in [0, 0.1) is 6.92 Å². The predicted molar refractivity (Wildman–Crippen MR) is 88.4 cm³/mol. The Kier molecular flexibility index (Phi) is 3.32. The number of aryl methyl sites for hydroxylation is 2. The molecule has 0 bridgehead atoms. The molecule has 0 saturated carbocycles. The number of hydrogen-bond acceptors (Lipinski definition) is 0. The summed E-state index contributed by atoms with van der Waals surface area (Å²) in [5.41, 5.74) is 5.64. The van der Waals surface area contributed by atoms with Gasteiger partial charge in [0.1, 0.15) is 0 Å². The van der Waals surface area contributed by atoms with Crippen molar-refractivity contribution in [2.45, 2.75) is 26.7 Å². The smallest absolute Gasteiger partial charge is 0.0256 e. The van der Waals surface area contributed by atoms with E-state index < -0.39 is 0 Å². The fraction of sp³-hybridized carbons (Fsp3) is 0.222. The molecule has 0 N–H and O–H groups in total. The molecule has 0 amide bonds. The summed E-state index contributed by atoms with van der Waals surface area (Å²) >= 11 is 3.73. The number of hydrogen-bond donors (Lipinski definition) is 0. The lowest BCUT2D eigenvalue weighted by Gasteiger charge is -2.20. The van der Waals surface area contributed by atoms with Gasteiger partial charge in [-0.15, -0.1) is 0 Å². The minimum atomic E-state index is 1.13. The minimum Gasteiger partial charge on any atom is -0.0870 e. The van der Waals surface area contributed by atoms with E-state index in [9.17, 15) is 0 Å². The molecular weight excluding hydrogens is 296 g/mol. The maximum absolute atomic E-state index is 3.73. The molecule has 2 aromatic rings. The molecule has 0 heterocycles. The Balaban J connectivity index is 2.52. The summed E-state index contributed by atoms with van der Waals surface area (Å²) in [4.78, 5) is 0. The molecule has 0 saturated heterocycles. The van der Waals surface area contributed by atoms with Crippen molar-refractivity contribution < 1.29 is 0 Å². The first-order chi connectivity index (χ1) is 9.24. The van der Waals surface area contributed by atoms with Crippen LogP contribution in [0.4, 0.5) is 0 Å². The van der Waals surface area contributed by atoms with Crippen LogP contribution in [-0.2, 0) is 6.42 Å². The molecule has 2 aromatic carbocycles. The van der Waals surface area contributed by atoms with Crippen LogP contribution < -0.4 is 0 Å². The van der Waals surface area contributed by atoms with E-state index in [0.717, 1.165) is 12.8 Å². The molecule has 0 unspecified atom stereocenters. The molecule has 0 aromatic heterocycles. The van der Waals surface area contributed by atoms with Crippen molar-refractivity contribution in [3.63, 3.8) is 0 Å². The lowest BCUT2D eigenvalue weighted by Crippen LogP contribution is -2.01. The van der Waals surface area contributed by atoms with Crippen LogP contribution in [0.2, 0.25) is 0 Å². The van der Waals surface area contributed by atoms with E-state index in [0.29, 0.717) is 0 Å². The van der Waals surface area contributed by atoms with Gasteiger partial charge in [0, 0.05) is 4.47 Å². The standard InChI is InChI=1S/C18H17Br/c1-3-7-13-12(2)14-10-6-11-17(19)18(14)16-9-5-4-8-15(13)16/h3-4,6-8,10-11H,5,9H2,1-2H3/b7-3-. The highest BCUT2D eigenvalue weighted by Gasteiger charge is 2.17. The Bertz CT molecular complexity index is 705. The number of halogens is 1. The third-order valence-corrected chi connectivity index (χ3v) is 4.58. The highest BCUT2D eigenvalue weighted by Crippen LogP contribution is 2.38. The molecule has 96 valence electrons. The second-order valence-corrected chi connectivity index (χ2v) is 5.89. The summed E-state index contributed by atoms with van der Waals surface area (Å²) in [6.07, 6.45) is 11.2. The van der Waals surface area contributed by atoms with Gasteiger partial charge in [-0.25, -0.2) is 0 Å². The number of allylic oxidation sites excluding steroid dienone is 2. The van der Waals surface area contributed by atoms with Crippen LogP contribution in [-0.4, -0.2) is 0 Å². The van der Waals surface area contributed by atoms with E-state index in [1.165, 1.54) is 37.5 Å². The van der Waals surface area contributed by atoms with Gasteiger partial charge in [-0.05, 0) is 65.8 Å². The van der Waals surface area contributed by atoms with Crippen LogP contribution >= 0.6 is 15.9 Å². The van der Waals surface area contributed by atoms with Crippen molar-refractivity contribution in [1.29, 1.82) is 0 Å². The Morgan fingerprint density at radius 2 is 2.11 bits per heavy atom. The van der Waals surface area contributed by atoms with Crippen LogP contribution in [0.25, 0.3) is 22.9 Å². The maximum atomic E-state index is 3.73. The van der Waals surface area contributed by atoms with Gasteiger partial charge in [-0.2, -0.15) is 0 Å². The summed E-state index contributed by atoms with van der Waals surface area (Å²) in [6.45, 7) is 4.32. The van der Waals surface area contributed by atoms with E-state index in [-0.39, 0.29) is 0 Å². The number of benzene rings is 2. The third-order valence-electron chi connectivity index (χ3n) is 3.92. The molecule has 1 aliphatic rings. The molecule has 0 radical (unpaired) electrons. The summed E-state index contributed by atoms with van der Waals surface area (Å²) < 4.78 is 1.21. The van der Waals surface area contributed by atoms with Gasteiger partial charge in [-0.1, -0.05) is 52.4 Å². The van der Waals surface area contributed by atoms with Crippen LogP contribution in [0.1, 0.15) is 35.6 Å². The van der Waals surface area contributed by atoms with Crippen molar-refractivity contribution in [1.82, 2.24) is 0 Å². The fourth-order valence-corrected chi connectivity index (χ4v) is 3.65. The topological polar surface area (TPSA) is 0 Å². The molecule has 3 rings (SSSR count). The quantitative estimate of drug-likeness (QED) is 0.614. The zero-order chi connectivity index (χ0) is 13.4. The number of rotatable bonds is 1. The molecule has 1 aliphatic carbocycles. The van der Waals surface area contributed by atoms with Crippen LogP contribution in [0.15, 0.2) is 34.8 Å². The molecule has 0 fully saturated rings. The maximum Gasteiger partial charge on any atom is 0.0256 e. The van der Waals surface area contributed by atoms with Gasteiger partial charge < -0.3 is 0 Å². The van der Waals surface area contributed by atoms with Crippen molar-refractivity contribution in [2.75, 3.05) is 0 Å². The second-order valence-electron chi connectivity index (χ2n) is 5.03. The fourth-order valence-electron chi connectivity index (χ4n) is 3.05. The molecule has 0 atom stereocenters. The Hall–Kier alpha value is -1.34. The Labute approximate surface area is 123 Å². The first kappa shape index (κ1) is 12.7. The van der Waals surface area contributed by atoms with Gasteiger partial charge in [0.2, 0.25) is 0 Å². The normalized spacial score (nSPS) is 14.3. The van der Waals surface area contributed by atoms with Gasteiger partial charge in [0.15, 0.2) is 0 Å². The Morgan fingerprint density at radius 1 is 1.26 bits per heavy atom. The molecule has 1 heteroatoms. The largest absolute Gasteiger partial charge is 0.0870 e. The van der Waals surface area contributed by atoms with Gasteiger partial charge >= 0.3 is 0 Å². The highest BCUT2D eigenvalue weighted by molar-refractivity contribution is 9.10. The first-order valence-corrected chi connectivity index (χ1v) is 7.56. The van der Waals surface area contributed by atoms with Gasteiger partial charge in [-0.3, -0.25) is 0 Å². The zero-order valence-corrected chi connectivity index (χ0v) is 12.9. The lowest BCUT2D eigenvalue weighted by molar-refractivity contribution is 0.994. The SMILES string of the molecule is C/C=C\c1c2c(c3c(Br)cccc3c1C)CCC=C2. The molecule has 0 nitrogen and oxygen atoms in total. The first-order valence-electron chi connectivity index (χ1n) is 6.77. The third kappa shape index (κ3) is 1.97. The van der Waals surface area contributed by atoms with Crippen molar-refractivity contribution in [2.24, 2.45) is 0 Å². The van der Waals surface area contributed by atoms with Crippen molar-refractivity contribution in [3.8, 4) is 0 Å². The molecule has 0 aliphatic heterocycles. The highest BCUT2D eigenvalue weighted by atomic mass is 79.9. The number of fused-ring (bicyclic) bond motifs is 3. The summed E-state index contributed by atoms with van der Waals surface area (Å²) in [5.74, 6) is 0. The van der Waals surface area contributed by atoms with Gasteiger partial charge in [0.25, 0.3) is 0 Å². The molecule has 19 heavy (non-hydrogen) atoms. The van der Waals surface area contributed by atoms with E-state index >= 15 is 0 Å². The monoisotopic (exact) mass is 312 g/mol. The molecule has 0 spiro atoms. The van der Waals surface area contributed by atoms with Crippen LogP contribution in [0.5, 0.6) is 0 Å². The lowest BCUT2D eigenvalue weighted by atomic mass is 9.85. The average Bonchev–Trinajstić information content (AvgIpc) is 2.43. The zero-order valence-electron chi connectivity index (χ0n) is 11.3. The van der Waals surface area contributed by atoms with E-state index in [4.69, 9.17) is 0 Å². The molecular formula is C18H17Br. The van der Waals surface area contributed by atoms with Crippen molar-refractivity contribution in [3.05, 3.63) is 57.1 Å². The second kappa shape index (κ2) is 4.97. The predicted octanol–water partition coefficient (Wildman–Crippen LogP) is 5.90. The summed E-state index contributed by atoms with van der Waals surface area (Å²) in [5, 5.41) is 2.77. The van der Waals surface area contributed by atoms with E-state index in [1.54, 1.807) is 0 Å². The Morgan fingerprint density at radius 3 is 2.89 bits per heavy atom. The van der Waals surface area contributed by atoms with Crippen molar-refractivity contribution >= 4 is 38.9 Å². The summed E-state index contributed by atoms with van der Waals surface area (Å²) in [7, 11) is 0. The van der Waals surface area contributed by atoms with Gasteiger partial charge in [0.05, 0.1) is 0 Å². The minimum absolute atomic E-state index is 1.13. The summed E-state index contributed by atoms with van der Waals surface area (Å²) in [6, 6.07) is 6.51. The van der Waals surface area contributed by atoms with Crippen LogP contribution in [0.3, 0.4) is 0 Å². The van der Waals surface area contributed by atoms with E-state index in [1.807, 2.05) is 0 Å². The average molecular weight is 313 g/mol.